The Balaban J connectivity index is 1.25. The van der Waals surface area contributed by atoms with Gasteiger partial charge in [0.1, 0.15) is 24.9 Å². The van der Waals surface area contributed by atoms with Crippen molar-refractivity contribution in [1.29, 1.82) is 0 Å². The Morgan fingerprint density at radius 1 is 0.878 bits per heavy atom. The second-order valence-electron chi connectivity index (χ2n) is 9.99. The number of nitrogens with one attached hydrogen (secondary N) is 2. The number of ether oxygens (including phenoxy) is 2. The molecule has 0 saturated carbocycles. The van der Waals surface area contributed by atoms with Crippen molar-refractivity contribution in [2.75, 3.05) is 18.4 Å². The molecule has 3 aromatic rings. The summed E-state index contributed by atoms with van der Waals surface area (Å²) in [7, 11) is 0. The number of fused-ring (bicyclic) bond motifs is 1. The number of hydrogen-bond donors (Lipinski definition) is 5. The second kappa shape index (κ2) is 13.9. The number of carbonyl (C=O) groups excluding carboxylic acids is 2. The van der Waals surface area contributed by atoms with Gasteiger partial charge < -0.3 is 24.8 Å². The van der Waals surface area contributed by atoms with Crippen molar-refractivity contribution < 1.29 is 39.2 Å². The molecule has 4 rings (SSSR count). The number of rotatable bonds is 10. The number of amides is 2. The van der Waals surface area contributed by atoms with Crippen molar-refractivity contribution in [3.63, 3.8) is 0 Å². The summed E-state index contributed by atoms with van der Waals surface area (Å²) < 4.78 is 10.6. The topological polar surface area (TPSA) is 150 Å². The Morgan fingerprint density at radius 2 is 1.51 bits per heavy atom. The van der Waals surface area contributed by atoms with Crippen molar-refractivity contribution in [1.82, 2.24) is 10.4 Å². The molecule has 11 nitrogen and oxygen atoms in total. The minimum atomic E-state index is -1.55. The first-order chi connectivity index (χ1) is 19.7. The van der Waals surface area contributed by atoms with Crippen LogP contribution in [0.4, 0.5) is 10.5 Å². The number of hydroxylamine groups is 1. The third-order valence-electron chi connectivity index (χ3n) is 7.11. The van der Waals surface area contributed by atoms with Gasteiger partial charge in [-0.2, -0.15) is 0 Å². The number of carbonyl (C=O) groups is 2. The first-order valence-electron chi connectivity index (χ1n) is 13.6. The van der Waals surface area contributed by atoms with E-state index in [9.17, 15) is 24.9 Å². The lowest BCUT2D eigenvalue weighted by Crippen LogP contribution is -2.58. The molecule has 3 aromatic carbocycles. The highest BCUT2D eigenvalue weighted by atomic mass is 16.8. The van der Waals surface area contributed by atoms with Crippen molar-refractivity contribution in [3.8, 4) is 0 Å². The minimum absolute atomic E-state index is 0.0975. The average Bonchev–Trinajstić information content (AvgIpc) is 2.99. The smallest absolute Gasteiger partial charge is 0.411 e. The summed E-state index contributed by atoms with van der Waals surface area (Å²) in [5, 5.41) is 34.4. The maximum absolute atomic E-state index is 12.4. The van der Waals surface area contributed by atoms with E-state index in [1.54, 1.807) is 0 Å². The standard InChI is InChI=1S/C30H37N3O8/c1-4-33(5-2)16-19-6-8-23-15-20(7-9-22(23)14-19)17-39-30(38)31-24-12-10-21(11-13-24)28(37)32-41-29-27(36)26(35)25(34)18(3)40-29/h6-15,18,25-27,29,34-36H,4-5,16-17H2,1-3H3,(H,31,38)(H,32,37)/t18-,25+,26+,27-,29-/m0/s1. The van der Waals surface area contributed by atoms with Gasteiger partial charge in [0, 0.05) is 17.8 Å². The molecule has 220 valence electrons. The zero-order chi connectivity index (χ0) is 29.5. The number of benzene rings is 3. The highest BCUT2D eigenvalue weighted by Crippen LogP contribution is 2.22. The maximum atomic E-state index is 12.4. The lowest BCUT2D eigenvalue weighted by molar-refractivity contribution is -0.304. The Labute approximate surface area is 238 Å². The number of aliphatic hydroxyl groups is 3. The van der Waals surface area contributed by atoms with E-state index in [-0.39, 0.29) is 12.2 Å². The molecule has 11 heteroatoms. The van der Waals surface area contributed by atoms with Crippen molar-refractivity contribution in [3.05, 3.63) is 77.4 Å². The predicted octanol–water partition coefficient (Wildman–Crippen LogP) is 2.92. The van der Waals surface area contributed by atoms with E-state index in [4.69, 9.17) is 14.3 Å². The minimum Gasteiger partial charge on any atom is -0.444 e. The molecule has 0 spiro atoms. The van der Waals surface area contributed by atoms with Crippen LogP contribution in [0.5, 0.6) is 0 Å². The molecule has 1 aliphatic heterocycles. The lowest BCUT2D eigenvalue weighted by Gasteiger charge is -2.38. The molecular weight excluding hydrogens is 530 g/mol. The van der Waals surface area contributed by atoms with Crippen molar-refractivity contribution in [2.45, 2.75) is 64.6 Å². The van der Waals surface area contributed by atoms with Crippen molar-refractivity contribution >= 4 is 28.5 Å². The summed E-state index contributed by atoms with van der Waals surface area (Å²) in [5.41, 5.74) is 4.90. The zero-order valence-electron chi connectivity index (χ0n) is 23.3. The highest BCUT2D eigenvalue weighted by Gasteiger charge is 2.43. The van der Waals surface area contributed by atoms with E-state index in [1.165, 1.54) is 36.8 Å². The Bertz CT molecular complexity index is 1330. The van der Waals surface area contributed by atoms with Crippen LogP contribution in [0, 0.1) is 0 Å². The Kier molecular flexibility index (Phi) is 10.3. The van der Waals surface area contributed by atoms with Crippen LogP contribution in [0.1, 0.15) is 42.3 Å². The maximum Gasteiger partial charge on any atom is 0.411 e. The van der Waals surface area contributed by atoms with Gasteiger partial charge in [-0.25, -0.2) is 15.1 Å². The fourth-order valence-electron chi connectivity index (χ4n) is 4.53. The van der Waals surface area contributed by atoms with Crippen LogP contribution in [-0.2, 0) is 27.5 Å². The quantitative estimate of drug-likeness (QED) is 0.233. The van der Waals surface area contributed by atoms with Gasteiger partial charge in [-0.3, -0.25) is 15.0 Å². The highest BCUT2D eigenvalue weighted by molar-refractivity contribution is 5.94. The fourth-order valence-corrected chi connectivity index (χ4v) is 4.53. The number of anilines is 1. The van der Waals surface area contributed by atoms with E-state index < -0.39 is 42.7 Å². The van der Waals surface area contributed by atoms with Crippen LogP contribution in [0.25, 0.3) is 10.8 Å². The van der Waals surface area contributed by atoms with Gasteiger partial charge in [-0.05, 0) is 78.3 Å². The van der Waals surface area contributed by atoms with Crippen LogP contribution in [-0.4, -0.2) is 76.0 Å². The third-order valence-corrected chi connectivity index (χ3v) is 7.11. The third kappa shape index (κ3) is 7.79. The number of nitrogens with zero attached hydrogens (tertiary/aromatic N) is 1. The van der Waals surface area contributed by atoms with Gasteiger partial charge in [-0.1, -0.05) is 38.1 Å². The largest absolute Gasteiger partial charge is 0.444 e. The van der Waals surface area contributed by atoms with Crippen molar-refractivity contribution in [2.24, 2.45) is 0 Å². The van der Waals surface area contributed by atoms with Gasteiger partial charge in [-0.15, -0.1) is 0 Å². The molecule has 0 aliphatic carbocycles. The molecule has 41 heavy (non-hydrogen) atoms. The number of hydrogen-bond acceptors (Lipinski definition) is 9. The van der Waals surface area contributed by atoms with Gasteiger partial charge in [0.25, 0.3) is 5.91 Å². The van der Waals surface area contributed by atoms with Gasteiger partial charge >= 0.3 is 6.09 Å². The lowest BCUT2D eigenvalue weighted by atomic mass is 10.0. The summed E-state index contributed by atoms with van der Waals surface area (Å²) in [6.07, 6.45) is -7.13. The van der Waals surface area contributed by atoms with Crippen LogP contribution >= 0.6 is 0 Å². The predicted molar refractivity (Wildman–Crippen MR) is 152 cm³/mol. The molecule has 1 fully saturated rings. The Hall–Kier alpha value is -3.58. The van der Waals surface area contributed by atoms with Crippen LogP contribution in [0.2, 0.25) is 0 Å². The molecular formula is C30H37N3O8. The molecule has 0 radical (unpaired) electrons. The zero-order valence-corrected chi connectivity index (χ0v) is 23.3. The SMILES string of the molecule is CCN(CC)Cc1ccc2cc(COC(=O)Nc3ccc(C(=O)NO[C@@H]4O[C@@H](C)[C@@H](O)[C@@H](O)[C@@H]4O)cc3)ccc2c1. The molecule has 0 unspecified atom stereocenters. The average molecular weight is 568 g/mol. The molecule has 5 atom stereocenters. The van der Waals surface area contributed by atoms with E-state index >= 15 is 0 Å². The summed E-state index contributed by atoms with van der Waals surface area (Å²) in [4.78, 5) is 32.2. The first kappa shape index (κ1) is 30.4. The first-order valence-corrected chi connectivity index (χ1v) is 13.6. The van der Waals surface area contributed by atoms with E-state index in [1.807, 2.05) is 18.2 Å². The van der Waals surface area contributed by atoms with E-state index in [0.717, 1.165) is 36.0 Å². The summed E-state index contributed by atoms with van der Waals surface area (Å²) in [6.45, 7) is 8.82. The molecule has 5 N–H and O–H groups in total. The summed E-state index contributed by atoms with van der Waals surface area (Å²) in [6, 6.07) is 18.3. The van der Waals surface area contributed by atoms with E-state index in [0.29, 0.717) is 5.69 Å². The summed E-state index contributed by atoms with van der Waals surface area (Å²) >= 11 is 0. The van der Waals surface area contributed by atoms with Gasteiger partial charge in [0.2, 0.25) is 6.29 Å². The molecule has 0 aromatic heterocycles. The summed E-state index contributed by atoms with van der Waals surface area (Å²) in [5.74, 6) is -0.639. The fraction of sp³-hybridized carbons (Fsp3) is 0.400. The van der Waals surface area contributed by atoms with Crippen LogP contribution < -0.4 is 10.8 Å². The van der Waals surface area contributed by atoms with E-state index in [2.05, 4.69) is 47.7 Å². The molecule has 2 amide bonds. The normalized spacial score (nSPS) is 22.5. The monoisotopic (exact) mass is 567 g/mol. The van der Waals surface area contributed by atoms with Crippen LogP contribution in [0.3, 0.4) is 0 Å². The molecule has 1 aliphatic rings. The molecule has 1 saturated heterocycles. The second-order valence-corrected chi connectivity index (χ2v) is 9.99. The van der Waals surface area contributed by atoms with Gasteiger partial charge in [0.15, 0.2) is 0 Å². The van der Waals surface area contributed by atoms with Crippen LogP contribution in [0.15, 0.2) is 60.7 Å². The molecule has 0 bridgehead atoms. The number of aliphatic hydroxyl groups excluding tert-OH is 3. The molecule has 1 heterocycles. The van der Waals surface area contributed by atoms with Gasteiger partial charge in [0.05, 0.1) is 6.10 Å². The Morgan fingerprint density at radius 3 is 2.17 bits per heavy atom.